The SMILES string of the molecule is Cc1c(C)[n+](=O)c2ccc(Br)cc2n1[O-]. The summed E-state index contributed by atoms with van der Waals surface area (Å²) in [6, 6.07) is 5.02. The van der Waals surface area contributed by atoms with E-state index in [4.69, 9.17) is 0 Å². The maximum atomic E-state index is 11.8. The van der Waals surface area contributed by atoms with Crippen molar-refractivity contribution in [2.24, 2.45) is 0 Å². The van der Waals surface area contributed by atoms with Crippen molar-refractivity contribution in [2.45, 2.75) is 13.8 Å². The molecule has 78 valence electrons. The summed E-state index contributed by atoms with van der Waals surface area (Å²) in [4.78, 5) is 11.8. The molecule has 15 heavy (non-hydrogen) atoms. The second kappa shape index (κ2) is 3.34. The number of fused-ring (bicyclic) bond motifs is 1. The van der Waals surface area contributed by atoms with Crippen LogP contribution >= 0.6 is 15.9 Å². The van der Waals surface area contributed by atoms with E-state index in [2.05, 4.69) is 15.9 Å². The average Bonchev–Trinajstić information content (AvgIpc) is 2.23. The molecule has 2 aromatic rings. The molecule has 1 aromatic heterocycles. The molecule has 0 fully saturated rings. The van der Waals surface area contributed by atoms with Crippen LogP contribution in [0.25, 0.3) is 11.0 Å². The van der Waals surface area contributed by atoms with E-state index in [1.165, 1.54) is 0 Å². The highest BCUT2D eigenvalue weighted by atomic mass is 79.9. The highest BCUT2D eigenvalue weighted by molar-refractivity contribution is 9.10. The van der Waals surface area contributed by atoms with Crippen LogP contribution in [0.3, 0.4) is 0 Å². The van der Waals surface area contributed by atoms with E-state index in [1.54, 1.807) is 32.0 Å². The first-order chi connectivity index (χ1) is 7.02. The van der Waals surface area contributed by atoms with Gasteiger partial charge in [-0.3, -0.25) is 0 Å². The van der Waals surface area contributed by atoms with E-state index in [-0.39, 0.29) is 0 Å². The molecule has 1 heterocycles. The van der Waals surface area contributed by atoms with Crippen molar-refractivity contribution >= 4 is 27.0 Å². The van der Waals surface area contributed by atoms with E-state index in [1.807, 2.05) is 0 Å². The quantitative estimate of drug-likeness (QED) is 0.689. The predicted molar refractivity (Wildman–Crippen MR) is 61.2 cm³/mol. The summed E-state index contributed by atoms with van der Waals surface area (Å²) in [7, 11) is 0. The van der Waals surface area contributed by atoms with Crippen molar-refractivity contribution < 1.29 is 4.43 Å². The molecule has 0 aliphatic rings. The second-order valence-electron chi connectivity index (χ2n) is 3.39. The molecule has 2 rings (SSSR count). The van der Waals surface area contributed by atoms with Crippen LogP contribution < -0.4 is 4.43 Å². The number of hydrogen-bond donors (Lipinski definition) is 0. The van der Waals surface area contributed by atoms with Gasteiger partial charge in [-0.2, -0.15) is 0 Å². The molecule has 0 bridgehead atoms. The van der Waals surface area contributed by atoms with E-state index in [0.717, 1.165) is 13.6 Å². The van der Waals surface area contributed by atoms with Crippen LogP contribution in [-0.4, -0.2) is 4.73 Å². The highest BCUT2D eigenvalue weighted by Crippen LogP contribution is 2.18. The Morgan fingerprint density at radius 2 is 2.07 bits per heavy atom. The second-order valence-corrected chi connectivity index (χ2v) is 4.31. The van der Waals surface area contributed by atoms with Gasteiger partial charge < -0.3 is 9.94 Å². The molecule has 0 unspecified atom stereocenters. The van der Waals surface area contributed by atoms with Gasteiger partial charge in [-0.15, -0.1) is 0 Å². The largest absolute Gasteiger partial charge is 0.805 e. The molecule has 0 spiro atoms. The Kier molecular flexibility index (Phi) is 2.26. The Morgan fingerprint density at radius 1 is 1.40 bits per heavy atom. The van der Waals surface area contributed by atoms with Gasteiger partial charge in [-0.05, 0) is 19.1 Å². The summed E-state index contributed by atoms with van der Waals surface area (Å²) >= 11 is 3.27. The zero-order valence-corrected chi connectivity index (χ0v) is 9.91. The molecule has 1 aromatic carbocycles. The molecule has 0 saturated heterocycles. The topological polar surface area (TPSA) is 51.0 Å². The fourth-order valence-corrected chi connectivity index (χ4v) is 1.84. The molecular weight excluding hydrogens is 260 g/mol. The Morgan fingerprint density at radius 3 is 2.73 bits per heavy atom. The zero-order valence-electron chi connectivity index (χ0n) is 8.32. The van der Waals surface area contributed by atoms with Gasteiger partial charge in [0.2, 0.25) is 0 Å². The van der Waals surface area contributed by atoms with Crippen LogP contribution in [0.2, 0.25) is 0 Å². The van der Waals surface area contributed by atoms with Crippen molar-refractivity contribution in [1.29, 1.82) is 0 Å². The van der Waals surface area contributed by atoms with Crippen molar-refractivity contribution in [2.75, 3.05) is 0 Å². The van der Waals surface area contributed by atoms with Crippen molar-refractivity contribution in [3.63, 3.8) is 0 Å². The van der Waals surface area contributed by atoms with Crippen LogP contribution in [-0.2, 0) is 0 Å². The van der Waals surface area contributed by atoms with Crippen LogP contribution in [0.4, 0.5) is 0 Å². The number of hydrogen-bond acceptors (Lipinski definition) is 2. The van der Waals surface area contributed by atoms with Crippen molar-refractivity contribution in [3.05, 3.63) is 44.2 Å². The van der Waals surface area contributed by atoms with Crippen LogP contribution in [0, 0.1) is 24.0 Å². The van der Waals surface area contributed by atoms with Crippen LogP contribution in [0.1, 0.15) is 11.4 Å². The standard InChI is InChI=1S/C10H9BrN2O2/c1-6-7(2)13(15)10-5-8(11)3-4-9(10)12(6)14/h3-5H,1-2H3. The third-order valence-electron chi connectivity index (χ3n) is 2.51. The smallest absolute Gasteiger partial charge is 0.286 e. The number of rotatable bonds is 0. The molecule has 0 atom stereocenters. The summed E-state index contributed by atoms with van der Waals surface area (Å²) in [5.41, 5.74) is 1.62. The maximum Gasteiger partial charge on any atom is 0.286 e. The number of benzene rings is 1. The molecule has 0 aliphatic carbocycles. The summed E-state index contributed by atoms with van der Waals surface area (Å²) in [5.74, 6) is 0. The molecule has 0 amide bonds. The van der Waals surface area contributed by atoms with Gasteiger partial charge in [0.05, 0.1) is 10.1 Å². The van der Waals surface area contributed by atoms with Gasteiger partial charge in [0.25, 0.3) is 11.2 Å². The molecule has 0 N–H and O–H groups in total. The van der Waals surface area contributed by atoms with Crippen molar-refractivity contribution in [1.82, 2.24) is 4.73 Å². The maximum absolute atomic E-state index is 11.8. The number of aromatic nitrogens is 2. The lowest BCUT2D eigenvalue weighted by Gasteiger charge is -2.15. The Bertz CT molecular complexity index is 604. The monoisotopic (exact) mass is 268 g/mol. The lowest BCUT2D eigenvalue weighted by molar-refractivity contribution is -0.473. The summed E-state index contributed by atoms with van der Waals surface area (Å²) in [5, 5.41) is 11.8. The minimum atomic E-state index is 0.377. The highest BCUT2D eigenvalue weighted by Gasteiger charge is 2.15. The molecule has 4 nitrogen and oxygen atoms in total. The molecule has 0 radical (unpaired) electrons. The third-order valence-corrected chi connectivity index (χ3v) is 3.00. The van der Waals surface area contributed by atoms with Gasteiger partial charge in [0.15, 0.2) is 0 Å². The number of nitrogens with zero attached hydrogens (tertiary/aromatic N) is 2. The normalized spacial score (nSPS) is 10.9. The fourth-order valence-electron chi connectivity index (χ4n) is 1.49. The predicted octanol–water partition coefficient (Wildman–Crippen LogP) is 2.28. The molecular formula is C10H9BrN2O2. The summed E-state index contributed by atoms with van der Waals surface area (Å²) in [6.45, 7) is 3.27. The lowest BCUT2D eigenvalue weighted by atomic mass is 10.2. The van der Waals surface area contributed by atoms with E-state index in [9.17, 15) is 10.1 Å². The molecule has 0 aliphatic heterocycles. The van der Waals surface area contributed by atoms with Crippen LogP contribution in [0.5, 0.6) is 0 Å². The van der Waals surface area contributed by atoms with E-state index >= 15 is 0 Å². The zero-order chi connectivity index (χ0) is 11.2. The van der Waals surface area contributed by atoms with E-state index < -0.39 is 0 Å². The first-order valence-corrected chi connectivity index (χ1v) is 5.23. The molecule has 5 heteroatoms. The summed E-state index contributed by atoms with van der Waals surface area (Å²) in [6.07, 6.45) is 0. The van der Waals surface area contributed by atoms with E-state index in [0.29, 0.717) is 22.4 Å². The van der Waals surface area contributed by atoms with Crippen molar-refractivity contribution in [3.8, 4) is 0 Å². The first kappa shape index (κ1) is 10.2. The lowest BCUT2D eigenvalue weighted by Crippen LogP contribution is -2.24. The van der Waals surface area contributed by atoms with Gasteiger partial charge in [-0.25, -0.2) is 0 Å². The Balaban J connectivity index is 3.08. The van der Waals surface area contributed by atoms with Gasteiger partial charge >= 0.3 is 0 Å². The molecule has 0 saturated carbocycles. The van der Waals surface area contributed by atoms with Gasteiger partial charge in [0, 0.05) is 22.4 Å². The Hall–Kier alpha value is -1.36. The fraction of sp³-hybridized carbons (Fsp3) is 0.200. The van der Waals surface area contributed by atoms with Crippen LogP contribution in [0.15, 0.2) is 22.7 Å². The summed E-state index contributed by atoms with van der Waals surface area (Å²) < 4.78 is 2.35. The first-order valence-electron chi connectivity index (χ1n) is 4.44. The van der Waals surface area contributed by atoms with Gasteiger partial charge in [0.1, 0.15) is 5.52 Å². The number of halogens is 1. The van der Waals surface area contributed by atoms with Gasteiger partial charge in [-0.1, -0.05) is 15.9 Å². The third kappa shape index (κ3) is 1.43. The minimum Gasteiger partial charge on any atom is -0.805 e. The Labute approximate surface area is 94.5 Å². The average molecular weight is 269 g/mol. The minimum absolute atomic E-state index is 0.377.